The zero-order valence-electron chi connectivity index (χ0n) is 9.95. The van der Waals surface area contributed by atoms with E-state index in [1.165, 1.54) is 24.3 Å². The summed E-state index contributed by atoms with van der Waals surface area (Å²) in [6.07, 6.45) is 1.09. The summed E-state index contributed by atoms with van der Waals surface area (Å²) in [6.45, 7) is 0. The van der Waals surface area contributed by atoms with Gasteiger partial charge in [-0.15, -0.1) is 0 Å². The van der Waals surface area contributed by atoms with E-state index in [1.807, 2.05) is 0 Å². The highest BCUT2D eigenvalue weighted by molar-refractivity contribution is 6.34. The number of hydrogen-bond acceptors (Lipinski definition) is 2. The molecule has 20 heavy (non-hydrogen) atoms. The van der Waals surface area contributed by atoms with Crippen molar-refractivity contribution >= 4 is 22.5 Å². The molecule has 0 amide bonds. The van der Waals surface area contributed by atoms with Crippen molar-refractivity contribution in [3.63, 3.8) is 0 Å². The molecule has 0 unspecified atom stereocenters. The maximum Gasteiger partial charge on any atom is 0.258 e. The van der Waals surface area contributed by atoms with Gasteiger partial charge in [-0.25, -0.2) is 13.8 Å². The molecular formula is C14H7ClF2N2O. The van der Waals surface area contributed by atoms with Gasteiger partial charge in [0.2, 0.25) is 0 Å². The van der Waals surface area contributed by atoms with E-state index in [4.69, 9.17) is 11.6 Å². The maximum atomic E-state index is 14.5. The molecule has 1 heterocycles. The minimum absolute atomic E-state index is 0.0232. The predicted molar refractivity (Wildman–Crippen MR) is 72.7 cm³/mol. The van der Waals surface area contributed by atoms with E-state index in [-0.39, 0.29) is 27.1 Å². The molecule has 3 rings (SSSR count). The fourth-order valence-corrected chi connectivity index (χ4v) is 2.35. The number of aromatic nitrogens is 2. The molecule has 100 valence electrons. The van der Waals surface area contributed by atoms with Gasteiger partial charge < -0.3 is 4.98 Å². The Morgan fingerprint density at radius 3 is 2.70 bits per heavy atom. The van der Waals surface area contributed by atoms with Crippen molar-refractivity contribution in [3.05, 3.63) is 63.7 Å². The second-order valence-electron chi connectivity index (χ2n) is 4.16. The monoisotopic (exact) mass is 292 g/mol. The first kappa shape index (κ1) is 12.7. The van der Waals surface area contributed by atoms with Crippen molar-refractivity contribution in [1.82, 2.24) is 9.97 Å². The van der Waals surface area contributed by atoms with Crippen LogP contribution in [0.4, 0.5) is 8.78 Å². The lowest BCUT2D eigenvalue weighted by Crippen LogP contribution is -2.08. The van der Waals surface area contributed by atoms with Crippen LogP contribution in [0.3, 0.4) is 0 Å². The van der Waals surface area contributed by atoms with Crippen LogP contribution >= 0.6 is 11.6 Å². The Morgan fingerprint density at radius 2 is 1.95 bits per heavy atom. The topological polar surface area (TPSA) is 45.8 Å². The van der Waals surface area contributed by atoms with Gasteiger partial charge in [0.15, 0.2) is 5.82 Å². The Labute approximate surface area is 116 Å². The SMILES string of the molecule is O=c1[nH]cnc2c(F)c(-c3ccccc3F)c(Cl)cc12. The molecular weight excluding hydrogens is 286 g/mol. The lowest BCUT2D eigenvalue weighted by molar-refractivity contribution is 0.620. The number of aromatic amines is 1. The van der Waals surface area contributed by atoms with Crippen LogP contribution < -0.4 is 5.56 Å². The molecule has 6 heteroatoms. The van der Waals surface area contributed by atoms with Crippen LogP contribution in [0.25, 0.3) is 22.0 Å². The van der Waals surface area contributed by atoms with Crippen molar-refractivity contribution in [2.45, 2.75) is 0 Å². The van der Waals surface area contributed by atoms with Crippen LogP contribution in [0.2, 0.25) is 5.02 Å². The number of fused-ring (bicyclic) bond motifs is 1. The van der Waals surface area contributed by atoms with Gasteiger partial charge in [-0.05, 0) is 12.1 Å². The molecule has 0 fully saturated rings. The minimum atomic E-state index is -0.816. The van der Waals surface area contributed by atoms with Gasteiger partial charge in [0.1, 0.15) is 11.3 Å². The third-order valence-electron chi connectivity index (χ3n) is 2.97. The highest BCUT2D eigenvalue weighted by atomic mass is 35.5. The molecule has 2 aromatic carbocycles. The summed E-state index contributed by atoms with van der Waals surface area (Å²) in [5, 5.41) is -0.0197. The molecule has 3 aromatic rings. The van der Waals surface area contributed by atoms with E-state index < -0.39 is 17.2 Å². The van der Waals surface area contributed by atoms with Gasteiger partial charge in [0.05, 0.1) is 16.7 Å². The highest BCUT2D eigenvalue weighted by Crippen LogP contribution is 2.35. The lowest BCUT2D eigenvalue weighted by Gasteiger charge is -2.09. The summed E-state index contributed by atoms with van der Waals surface area (Å²) in [5.74, 6) is -1.42. The minimum Gasteiger partial charge on any atom is -0.313 e. The number of H-pyrrole nitrogens is 1. The Morgan fingerprint density at radius 1 is 1.20 bits per heavy atom. The molecule has 0 radical (unpaired) electrons. The Bertz CT molecular complexity index is 877. The van der Waals surface area contributed by atoms with Crippen LogP contribution in [0.5, 0.6) is 0 Å². The normalized spacial score (nSPS) is 10.9. The van der Waals surface area contributed by atoms with Crippen molar-refractivity contribution < 1.29 is 8.78 Å². The zero-order valence-corrected chi connectivity index (χ0v) is 10.7. The Kier molecular flexibility index (Phi) is 2.99. The smallest absolute Gasteiger partial charge is 0.258 e. The van der Waals surface area contributed by atoms with Crippen molar-refractivity contribution in [2.75, 3.05) is 0 Å². The molecule has 0 atom stereocenters. The fourth-order valence-electron chi connectivity index (χ4n) is 2.05. The number of benzene rings is 2. The molecule has 0 saturated heterocycles. The molecule has 1 N–H and O–H groups in total. The molecule has 0 spiro atoms. The first-order chi connectivity index (χ1) is 9.59. The molecule has 0 bridgehead atoms. The van der Waals surface area contributed by atoms with Crippen LogP contribution in [-0.4, -0.2) is 9.97 Å². The zero-order chi connectivity index (χ0) is 14.3. The fraction of sp³-hybridized carbons (Fsp3) is 0. The van der Waals surface area contributed by atoms with E-state index >= 15 is 0 Å². The van der Waals surface area contributed by atoms with E-state index in [1.54, 1.807) is 6.07 Å². The van der Waals surface area contributed by atoms with E-state index in [0.717, 1.165) is 6.33 Å². The summed E-state index contributed by atoms with van der Waals surface area (Å²) in [6, 6.07) is 6.98. The molecule has 0 aliphatic carbocycles. The van der Waals surface area contributed by atoms with Crippen molar-refractivity contribution in [1.29, 1.82) is 0 Å². The number of halogens is 3. The third-order valence-corrected chi connectivity index (χ3v) is 3.27. The quantitative estimate of drug-likeness (QED) is 0.746. The van der Waals surface area contributed by atoms with Crippen LogP contribution in [0.1, 0.15) is 0 Å². The molecule has 0 aliphatic rings. The second kappa shape index (κ2) is 4.68. The highest BCUT2D eigenvalue weighted by Gasteiger charge is 2.18. The number of nitrogens with one attached hydrogen (secondary N) is 1. The van der Waals surface area contributed by atoms with Crippen molar-refractivity contribution in [2.24, 2.45) is 0 Å². The largest absolute Gasteiger partial charge is 0.313 e. The van der Waals surface area contributed by atoms with Gasteiger partial charge in [0, 0.05) is 11.1 Å². The third kappa shape index (κ3) is 1.87. The van der Waals surface area contributed by atoms with Gasteiger partial charge in [-0.3, -0.25) is 4.79 Å². The maximum absolute atomic E-state index is 14.5. The lowest BCUT2D eigenvalue weighted by atomic mass is 10.0. The number of rotatable bonds is 1. The van der Waals surface area contributed by atoms with Crippen molar-refractivity contribution in [3.8, 4) is 11.1 Å². The first-order valence-corrected chi connectivity index (χ1v) is 6.07. The molecule has 1 aromatic heterocycles. The van der Waals surface area contributed by atoms with E-state index in [9.17, 15) is 13.6 Å². The summed E-state index contributed by atoms with van der Waals surface area (Å²) in [4.78, 5) is 17.7. The Hall–Kier alpha value is -2.27. The van der Waals surface area contributed by atoms with Crippen LogP contribution in [0.15, 0.2) is 41.5 Å². The van der Waals surface area contributed by atoms with E-state index in [2.05, 4.69) is 9.97 Å². The second-order valence-corrected chi connectivity index (χ2v) is 4.56. The first-order valence-electron chi connectivity index (χ1n) is 5.70. The average molecular weight is 293 g/mol. The van der Waals surface area contributed by atoms with Gasteiger partial charge in [-0.2, -0.15) is 0 Å². The van der Waals surface area contributed by atoms with E-state index in [0.29, 0.717) is 0 Å². The van der Waals surface area contributed by atoms with Gasteiger partial charge in [0.25, 0.3) is 5.56 Å². The summed E-state index contributed by atoms with van der Waals surface area (Å²) in [5.41, 5.74) is -0.721. The summed E-state index contributed by atoms with van der Waals surface area (Å²) in [7, 11) is 0. The number of hydrogen-bond donors (Lipinski definition) is 1. The van der Waals surface area contributed by atoms with Crippen LogP contribution in [0, 0.1) is 11.6 Å². The van der Waals surface area contributed by atoms with Gasteiger partial charge in [-0.1, -0.05) is 29.8 Å². The van der Waals surface area contributed by atoms with Crippen LogP contribution in [-0.2, 0) is 0 Å². The summed E-state index contributed by atoms with van der Waals surface area (Å²) >= 11 is 6.00. The molecule has 3 nitrogen and oxygen atoms in total. The standard InChI is InChI=1S/C14H7ClF2N2O/c15-9-5-8-13(18-6-19-14(8)20)12(17)11(9)7-3-1-2-4-10(7)16/h1-6H,(H,18,19,20). The predicted octanol–water partition coefficient (Wildman–Crippen LogP) is 3.52. The van der Waals surface area contributed by atoms with Gasteiger partial charge >= 0.3 is 0 Å². The average Bonchev–Trinajstić information content (AvgIpc) is 2.42. The molecule has 0 saturated carbocycles. The Balaban J connectivity index is 2.44. The number of nitrogens with zero attached hydrogens (tertiary/aromatic N) is 1. The molecule has 0 aliphatic heterocycles. The summed E-state index contributed by atoms with van der Waals surface area (Å²) < 4.78 is 28.3.